The van der Waals surface area contributed by atoms with Gasteiger partial charge in [0, 0.05) is 33.5 Å². The molecular weight excluding hydrogens is 340 g/mol. The fourth-order valence-corrected chi connectivity index (χ4v) is 4.00. The zero-order valence-corrected chi connectivity index (χ0v) is 14.9. The smallest absolute Gasteiger partial charge is 0.247 e. The zero-order chi connectivity index (χ0) is 17.2. The first kappa shape index (κ1) is 16.8. The average Bonchev–Trinajstić information content (AvgIpc) is 3.01. The van der Waals surface area contributed by atoms with Crippen LogP contribution in [0.3, 0.4) is 0 Å². The Hall–Kier alpha value is -2.09. The van der Waals surface area contributed by atoms with E-state index in [0.29, 0.717) is 5.02 Å². The van der Waals surface area contributed by atoms with Gasteiger partial charge in [0.15, 0.2) is 0 Å². The second kappa shape index (κ2) is 6.80. The summed E-state index contributed by atoms with van der Waals surface area (Å²) in [6, 6.07) is 14.0. The van der Waals surface area contributed by atoms with E-state index in [4.69, 9.17) is 11.6 Å². The van der Waals surface area contributed by atoms with Crippen LogP contribution in [-0.4, -0.2) is 23.4 Å². The molecule has 1 aliphatic carbocycles. The highest BCUT2D eigenvalue weighted by Crippen LogP contribution is 2.37. The SMILES string of the molecule is CN(C(=O)/C=C\c1ccc(-c2ccccc2Cl)s1)C1(C#N)CCC1. The van der Waals surface area contributed by atoms with E-state index in [1.54, 1.807) is 35.4 Å². The monoisotopic (exact) mass is 356 g/mol. The van der Waals surface area contributed by atoms with Gasteiger partial charge in [-0.05, 0) is 43.5 Å². The summed E-state index contributed by atoms with van der Waals surface area (Å²) in [5.74, 6) is -0.135. The highest BCUT2D eigenvalue weighted by Gasteiger charge is 2.42. The summed E-state index contributed by atoms with van der Waals surface area (Å²) in [6.07, 6.45) is 5.86. The maximum atomic E-state index is 12.3. The number of nitrogens with zero attached hydrogens (tertiary/aromatic N) is 2. The molecule has 0 aliphatic heterocycles. The summed E-state index contributed by atoms with van der Waals surface area (Å²) in [4.78, 5) is 15.9. The van der Waals surface area contributed by atoms with Gasteiger partial charge in [0.25, 0.3) is 0 Å². The van der Waals surface area contributed by atoms with Gasteiger partial charge in [-0.25, -0.2) is 0 Å². The van der Waals surface area contributed by atoms with Gasteiger partial charge < -0.3 is 4.90 Å². The van der Waals surface area contributed by atoms with Crippen molar-refractivity contribution in [1.29, 1.82) is 5.26 Å². The molecule has 3 nitrogen and oxygen atoms in total. The van der Waals surface area contributed by atoms with Gasteiger partial charge in [-0.1, -0.05) is 29.8 Å². The number of benzene rings is 1. The van der Waals surface area contributed by atoms with Crippen molar-refractivity contribution in [3.8, 4) is 16.5 Å². The number of nitriles is 1. The van der Waals surface area contributed by atoms with Gasteiger partial charge in [-0.15, -0.1) is 11.3 Å². The lowest BCUT2D eigenvalue weighted by Gasteiger charge is -2.42. The van der Waals surface area contributed by atoms with Crippen LogP contribution in [0.2, 0.25) is 5.02 Å². The maximum Gasteiger partial charge on any atom is 0.247 e. The molecule has 1 aromatic heterocycles. The van der Waals surface area contributed by atoms with E-state index in [1.165, 1.54) is 0 Å². The summed E-state index contributed by atoms with van der Waals surface area (Å²) < 4.78 is 0. The first-order chi connectivity index (χ1) is 11.6. The molecule has 1 aromatic carbocycles. The van der Waals surface area contributed by atoms with Crippen LogP contribution in [0.25, 0.3) is 16.5 Å². The molecule has 0 spiro atoms. The number of carbonyl (C=O) groups is 1. The average molecular weight is 357 g/mol. The van der Waals surface area contributed by atoms with Crippen LogP contribution in [0, 0.1) is 11.3 Å². The van der Waals surface area contributed by atoms with E-state index in [2.05, 4.69) is 6.07 Å². The predicted molar refractivity (Wildman–Crippen MR) is 98.8 cm³/mol. The van der Waals surface area contributed by atoms with Crippen LogP contribution in [0.5, 0.6) is 0 Å². The molecule has 0 bridgehead atoms. The number of likely N-dealkylation sites (N-methyl/N-ethyl adjacent to an activating group) is 1. The quantitative estimate of drug-likeness (QED) is 0.724. The normalized spacial score (nSPS) is 15.7. The Morgan fingerprint density at radius 3 is 2.71 bits per heavy atom. The minimum Gasteiger partial charge on any atom is -0.323 e. The lowest BCUT2D eigenvalue weighted by molar-refractivity contribution is -0.130. The first-order valence-electron chi connectivity index (χ1n) is 7.78. The second-order valence-electron chi connectivity index (χ2n) is 5.91. The van der Waals surface area contributed by atoms with Gasteiger partial charge in [-0.2, -0.15) is 5.26 Å². The van der Waals surface area contributed by atoms with Crippen molar-refractivity contribution < 1.29 is 4.79 Å². The Bertz CT molecular complexity index is 830. The Morgan fingerprint density at radius 2 is 2.08 bits per heavy atom. The van der Waals surface area contributed by atoms with E-state index in [-0.39, 0.29) is 5.91 Å². The molecule has 1 heterocycles. The molecule has 0 saturated heterocycles. The minimum absolute atomic E-state index is 0.135. The third-order valence-corrected chi connectivity index (χ3v) is 5.93. The van der Waals surface area contributed by atoms with E-state index in [9.17, 15) is 10.1 Å². The van der Waals surface area contributed by atoms with Gasteiger partial charge in [-0.3, -0.25) is 4.79 Å². The van der Waals surface area contributed by atoms with E-state index < -0.39 is 5.54 Å². The fourth-order valence-electron chi connectivity index (χ4n) is 2.76. The molecular formula is C19H17ClN2OS. The van der Waals surface area contributed by atoms with Crippen molar-refractivity contribution >= 4 is 34.9 Å². The van der Waals surface area contributed by atoms with Crippen LogP contribution < -0.4 is 0 Å². The third-order valence-electron chi connectivity index (χ3n) is 4.52. The highest BCUT2D eigenvalue weighted by atomic mass is 35.5. The molecule has 0 N–H and O–H groups in total. The topological polar surface area (TPSA) is 44.1 Å². The van der Waals surface area contributed by atoms with Gasteiger partial charge in [0.1, 0.15) is 5.54 Å². The van der Waals surface area contributed by atoms with Crippen molar-refractivity contribution in [1.82, 2.24) is 4.90 Å². The molecule has 0 radical (unpaired) electrons. The molecule has 5 heteroatoms. The van der Waals surface area contributed by atoms with Gasteiger partial charge in [0.2, 0.25) is 5.91 Å². The number of hydrogen-bond acceptors (Lipinski definition) is 3. The molecule has 1 saturated carbocycles. The Labute approximate surface area is 150 Å². The Balaban J connectivity index is 1.73. The van der Waals surface area contributed by atoms with Gasteiger partial charge >= 0.3 is 0 Å². The highest BCUT2D eigenvalue weighted by molar-refractivity contribution is 7.16. The standard InChI is InChI=1S/C19H17ClN2OS/c1-22(19(13-21)11-4-12-19)18(23)10-8-14-7-9-17(24-14)15-5-2-3-6-16(15)20/h2-3,5-10H,4,11-12H2,1H3/b10-8-. The number of hydrogen-bond donors (Lipinski definition) is 0. The fraction of sp³-hybridized carbons (Fsp3) is 0.263. The molecule has 1 amide bonds. The van der Waals surface area contributed by atoms with E-state index >= 15 is 0 Å². The van der Waals surface area contributed by atoms with Crippen molar-refractivity contribution in [3.63, 3.8) is 0 Å². The lowest BCUT2D eigenvalue weighted by atomic mass is 9.76. The van der Waals surface area contributed by atoms with Crippen molar-refractivity contribution in [2.45, 2.75) is 24.8 Å². The largest absolute Gasteiger partial charge is 0.323 e. The van der Waals surface area contributed by atoms with Crippen LogP contribution in [0.4, 0.5) is 0 Å². The molecule has 122 valence electrons. The maximum absolute atomic E-state index is 12.3. The summed E-state index contributed by atoms with van der Waals surface area (Å²) >= 11 is 7.80. The molecule has 24 heavy (non-hydrogen) atoms. The Morgan fingerprint density at radius 1 is 1.33 bits per heavy atom. The van der Waals surface area contributed by atoms with Crippen molar-refractivity contribution in [2.75, 3.05) is 7.05 Å². The third kappa shape index (κ3) is 3.10. The summed E-state index contributed by atoms with van der Waals surface area (Å²) in [5.41, 5.74) is 0.379. The van der Waals surface area contributed by atoms with E-state index in [1.807, 2.05) is 36.4 Å². The summed E-state index contributed by atoms with van der Waals surface area (Å²) in [7, 11) is 1.71. The minimum atomic E-state index is -0.612. The zero-order valence-electron chi connectivity index (χ0n) is 13.3. The molecule has 0 unspecified atom stereocenters. The number of rotatable bonds is 4. The molecule has 1 fully saturated rings. The molecule has 2 aromatic rings. The van der Waals surface area contributed by atoms with Crippen LogP contribution >= 0.6 is 22.9 Å². The number of carbonyl (C=O) groups excluding carboxylic acids is 1. The first-order valence-corrected chi connectivity index (χ1v) is 8.97. The van der Waals surface area contributed by atoms with Crippen LogP contribution in [0.15, 0.2) is 42.5 Å². The van der Waals surface area contributed by atoms with Crippen molar-refractivity contribution in [2.24, 2.45) is 0 Å². The summed E-state index contributed by atoms with van der Waals surface area (Å²) in [5, 5.41) is 10.0. The second-order valence-corrected chi connectivity index (χ2v) is 7.43. The molecule has 3 rings (SSSR count). The van der Waals surface area contributed by atoms with Crippen LogP contribution in [0.1, 0.15) is 24.1 Å². The molecule has 0 atom stereocenters. The Kier molecular flexibility index (Phi) is 4.75. The number of thiophene rings is 1. The predicted octanol–water partition coefficient (Wildman–Crippen LogP) is 4.99. The summed E-state index contributed by atoms with van der Waals surface area (Å²) in [6.45, 7) is 0. The van der Waals surface area contributed by atoms with Gasteiger partial charge in [0.05, 0.1) is 6.07 Å². The number of halogens is 1. The lowest BCUT2D eigenvalue weighted by Crippen LogP contribution is -2.52. The number of amides is 1. The van der Waals surface area contributed by atoms with Crippen molar-refractivity contribution in [3.05, 3.63) is 52.4 Å². The van der Waals surface area contributed by atoms with E-state index in [0.717, 1.165) is 34.6 Å². The molecule has 1 aliphatic rings. The van der Waals surface area contributed by atoms with Crippen LogP contribution in [-0.2, 0) is 4.79 Å².